The van der Waals surface area contributed by atoms with E-state index in [-0.39, 0.29) is 5.43 Å². The van der Waals surface area contributed by atoms with Crippen molar-refractivity contribution >= 4 is 11.0 Å². The van der Waals surface area contributed by atoms with Gasteiger partial charge in [0.1, 0.15) is 17.1 Å². The van der Waals surface area contributed by atoms with Crippen molar-refractivity contribution in [2.75, 3.05) is 6.61 Å². The average Bonchev–Trinajstić information content (AvgIpc) is 2.36. The standard InChI is InChI=1S/C16H20O3/c1-5-13-11(4)19-15-8-12(18-9-10(2)3)6-7-14(15)16(13)17/h6-8,10H,5,9H2,1-4H3. The van der Waals surface area contributed by atoms with Crippen LogP contribution in [0.4, 0.5) is 0 Å². The second kappa shape index (κ2) is 5.47. The van der Waals surface area contributed by atoms with Crippen LogP contribution in [0, 0.1) is 12.8 Å². The molecule has 0 fully saturated rings. The summed E-state index contributed by atoms with van der Waals surface area (Å²) < 4.78 is 11.4. The summed E-state index contributed by atoms with van der Waals surface area (Å²) in [5.41, 5.74) is 1.42. The van der Waals surface area contributed by atoms with Crippen LogP contribution in [-0.2, 0) is 6.42 Å². The molecule has 0 spiro atoms. The molecule has 1 heterocycles. The third kappa shape index (κ3) is 2.80. The van der Waals surface area contributed by atoms with E-state index in [2.05, 4.69) is 13.8 Å². The first-order valence-corrected chi connectivity index (χ1v) is 6.72. The lowest BCUT2D eigenvalue weighted by atomic mass is 10.1. The van der Waals surface area contributed by atoms with E-state index in [0.29, 0.717) is 35.7 Å². The van der Waals surface area contributed by atoms with Gasteiger partial charge in [-0.15, -0.1) is 0 Å². The fourth-order valence-electron chi connectivity index (χ4n) is 2.09. The molecule has 0 aliphatic rings. The summed E-state index contributed by atoms with van der Waals surface area (Å²) in [4.78, 5) is 12.3. The Hall–Kier alpha value is -1.77. The number of aryl methyl sites for hydroxylation is 1. The molecule has 0 N–H and O–H groups in total. The second-order valence-corrected chi connectivity index (χ2v) is 5.18. The second-order valence-electron chi connectivity index (χ2n) is 5.18. The molecule has 1 aromatic carbocycles. The third-order valence-corrected chi connectivity index (χ3v) is 3.10. The van der Waals surface area contributed by atoms with Crippen LogP contribution in [-0.4, -0.2) is 6.61 Å². The van der Waals surface area contributed by atoms with Crippen LogP contribution in [0.15, 0.2) is 27.4 Å². The fraction of sp³-hybridized carbons (Fsp3) is 0.438. The lowest BCUT2D eigenvalue weighted by molar-refractivity contribution is 0.271. The van der Waals surface area contributed by atoms with Crippen LogP contribution in [0.3, 0.4) is 0 Å². The van der Waals surface area contributed by atoms with E-state index >= 15 is 0 Å². The van der Waals surface area contributed by atoms with Crippen molar-refractivity contribution in [1.29, 1.82) is 0 Å². The van der Waals surface area contributed by atoms with Crippen molar-refractivity contribution in [3.05, 3.63) is 39.7 Å². The summed E-state index contributed by atoms with van der Waals surface area (Å²) >= 11 is 0. The summed E-state index contributed by atoms with van der Waals surface area (Å²) in [6.45, 7) is 8.64. The van der Waals surface area contributed by atoms with E-state index in [4.69, 9.17) is 9.15 Å². The van der Waals surface area contributed by atoms with Crippen LogP contribution in [0.1, 0.15) is 32.1 Å². The maximum atomic E-state index is 12.3. The third-order valence-electron chi connectivity index (χ3n) is 3.10. The molecule has 102 valence electrons. The Morgan fingerprint density at radius 1 is 1.32 bits per heavy atom. The molecule has 3 heteroatoms. The molecule has 19 heavy (non-hydrogen) atoms. The number of ether oxygens (including phenoxy) is 1. The SMILES string of the molecule is CCc1c(C)oc2cc(OCC(C)C)ccc2c1=O. The molecule has 0 bridgehead atoms. The molecule has 0 amide bonds. The van der Waals surface area contributed by atoms with Crippen molar-refractivity contribution in [3.8, 4) is 5.75 Å². The van der Waals surface area contributed by atoms with E-state index < -0.39 is 0 Å². The average molecular weight is 260 g/mol. The van der Waals surface area contributed by atoms with Gasteiger partial charge in [-0.1, -0.05) is 20.8 Å². The summed E-state index contributed by atoms with van der Waals surface area (Å²) in [7, 11) is 0. The quantitative estimate of drug-likeness (QED) is 0.841. The van der Waals surface area contributed by atoms with Gasteiger partial charge in [0, 0.05) is 11.6 Å². The number of rotatable bonds is 4. The predicted octanol–water partition coefficient (Wildman–Crippen LogP) is 3.70. The molecule has 0 saturated heterocycles. The maximum absolute atomic E-state index is 12.3. The highest BCUT2D eigenvalue weighted by Crippen LogP contribution is 2.21. The molecule has 0 saturated carbocycles. The Balaban J connectivity index is 2.47. The first kappa shape index (κ1) is 13.7. The molecule has 0 atom stereocenters. The van der Waals surface area contributed by atoms with Crippen LogP contribution >= 0.6 is 0 Å². The minimum absolute atomic E-state index is 0.0664. The fourth-order valence-corrected chi connectivity index (χ4v) is 2.09. The minimum atomic E-state index is 0.0664. The van der Waals surface area contributed by atoms with Gasteiger partial charge in [0.05, 0.1) is 12.0 Å². The molecule has 1 aromatic heterocycles. The molecule has 0 aliphatic carbocycles. The van der Waals surface area contributed by atoms with Gasteiger partial charge in [0.15, 0.2) is 5.43 Å². The van der Waals surface area contributed by atoms with Crippen LogP contribution < -0.4 is 10.2 Å². The van der Waals surface area contributed by atoms with Gasteiger partial charge in [-0.3, -0.25) is 4.79 Å². The smallest absolute Gasteiger partial charge is 0.196 e. The highest BCUT2D eigenvalue weighted by molar-refractivity contribution is 5.78. The normalized spacial score (nSPS) is 11.2. The van der Waals surface area contributed by atoms with Gasteiger partial charge >= 0.3 is 0 Å². The topological polar surface area (TPSA) is 39.4 Å². The molecule has 0 radical (unpaired) electrons. The van der Waals surface area contributed by atoms with E-state index in [0.717, 1.165) is 11.3 Å². The lowest BCUT2D eigenvalue weighted by Crippen LogP contribution is -2.10. The van der Waals surface area contributed by atoms with Crippen LogP contribution in [0.2, 0.25) is 0 Å². The summed E-state index contributed by atoms with van der Waals surface area (Å²) in [5, 5.41) is 0.624. The summed E-state index contributed by atoms with van der Waals surface area (Å²) in [6.07, 6.45) is 0.690. The first-order chi connectivity index (χ1) is 9.02. The van der Waals surface area contributed by atoms with Gasteiger partial charge in [0.2, 0.25) is 0 Å². The zero-order valence-electron chi connectivity index (χ0n) is 11.9. The van der Waals surface area contributed by atoms with E-state index in [9.17, 15) is 4.79 Å². The van der Waals surface area contributed by atoms with E-state index in [1.165, 1.54) is 0 Å². The van der Waals surface area contributed by atoms with Gasteiger partial charge in [-0.2, -0.15) is 0 Å². The van der Waals surface area contributed by atoms with Gasteiger partial charge in [0.25, 0.3) is 0 Å². The maximum Gasteiger partial charge on any atom is 0.196 e. The zero-order chi connectivity index (χ0) is 14.0. The van der Waals surface area contributed by atoms with E-state index in [1.807, 2.05) is 19.9 Å². The zero-order valence-corrected chi connectivity index (χ0v) is 11.9. The van der Waals surface area contributed by atoms with Crippen LogP contribution in [0.5, 0.6) is 5.75 Å². The first-order valence-electron chi connectivity index (χ1n) is 6.72. The van der Waals surface area contributed by atoms with Gasteiger partial charge < -0.3 is 9.15 Å². The highest BCUT2D eigenvalue weighted by atomic mass is 16.5. The number of hydrogen-bond acceptors (Lipinski definition) is 3. The Kier molecular flexibility index (Phi) is 3.93. The molecular weight excluding hydrogens is 240 g/mol. The predicted molar refractivity (Wildman–Crippen MR) is 76.9 cm³/mol. The number of hydrogen-bond donors (Lipinski definition) is 0. The largest absolute Gasteiger partial charge is 0.493 e. The van der Waals surface area contributed by atoms with Crippen molar-refractivity contribution in [3.63, 3.8) is 0 Å². The van der Waals surface area contributed by atoms with Crippen LogP contribution in [0.25, 0.3) is 11.0 Å². The van der Waals surface area contributed by atoms with Crippen molar-refractivity contribution < 1.29 is 9.15 Å². The number of benzene rings is 1. The molecular formula is C16H20O3. The molecule has 2 aromatic rings. The van der Waals surface area contributed by atoms with Crippen molar-refractivity contribution in [1.82, 2.24) is 0 Å². The Labute approximate surface area is 113 Å². The van der Waals surface area contributed by atoms with Gasteiger partial charge in [-0.25, -0.2) is 0 Å². The highest BCUT2D eigenvalue weighted by Gasteiger charge is 2.10. The van der Waals surface area contributed by atoms with Crippen molar-refractivity contribution in [2.24, 2.45) is 5.92 Å². The molecule has 2 rings (SSSR count). The Morgan fingerprint density at radius 3 is 2.68 bits per heavy atom. The Bertz CT molecular complexity index is 638. The summed E-state index contributed by atoms with van der Waals surface area (Å²) in [5.74, 6) is 1.90. The molecule has 3 nitrogen and oxygen atoms in total. The lowest BCUT2D eigenvalue weighted by Gasteiger charge is -2.10. The van der Waals surface area contributed by atoms with Gasteiger partial charge in [-0.05, 0) is 31.4 Å². The van der Waals surface area contributed by atoms with Crippen molar-refractivity contribution in [2.45, 2.75) is 34.1 Å². The Morgan fingerprint density at radius 2 is 2.05 bits per heavy atom. The van der Waals surface area contributed by atoms with E-state index in [1.54, 1.807) is 12.1 Å². The minimum Gasteiger partial charge on any atom is -0.493 e. The summed E-state index contributed by atoms with van der Waals surface area (Å²) in [6, 6.07) is 5.41. The monoisotopic (exact) mass is 260 g/mol. The molecule has 0 unspecified atom stereocenters. The number of fused-ring (bicyclic) bond motifs is 1. The molecule has 0 aliphatic heterocycles.